The Bertz CT molecular complexity index is 677. The molecule has 0 aliphatic carbocycles. The molecule has 0 aromatic heterocycles. The smallest absolute Gasteiger partial charge is 0.119 e. The number of nitrogens with one attached hydrogen (secondary N) is 2. The minimum Gasteiger partial charge on any atom is -0.494 e. The van der Waals surface area contributed by atoms with Crippen molar-refractivity contribution in [1.29, 1.82) is 10.8 Å². The summed E-state index contributed by atoms with van der Waals surface area (Å²) in [7, 11) is 0. The number of hydrogen-bond acceptors (Lipinski definition) is 4. The van der Waals surface area contributed by atoms with Crippen LogP contribution >= 0.6 is 0 Å². The van der Waals surface area contributed by atoms with Gasteiger partial charge >= 0.3 is 0 Å². The zero-order chi connectivity index (χ0) is 20.2. The SMILES string of the molecule is N=C(N)CCc1ccc(OCCCCOc2ccc(CCC(=N)N)cc2)cc1. The molecule has 0 amide bonds. The normalized spacial score (nSPS) is 10.4. The molecule has 0 unspecified atom stereocenters. The van der Waals surface area contributed by atoms with Gasteiger partial charge in [-0.05, 0) is 61.1 Å². The zero-order valence-corrected chi connectivity index (χ0v) is 16.2. The van der Waals surface area contributed by atoms with Crippen LogP contribution < -0.4 is 20.9 Å². The predicted molar refractivity (Wildman–Crippen MR) is 114 cm³/mol. The maximum Gasteiger partial charge on any atom is 0.119 e. The summed E-state index contributed by atoms with van der Waals surface area (Å²) in [6.45, 7) is 1.31. The fraction of sp³-hybridized carbons (Fsp3) is 0.364. The molecular weight excluding hydrogens is 352 g/mol. The van der Waals surface area contributed by atoms with Crippen molar-refractivity contribution >= 4 is 11.7 Å². The van der Waals surface area contributed by atoms with Gasteiger partial charge in [0.15, 0.2) is 0 Å². The lowest BCUT2D eigenvalue weighted by atomic mass is 10.1. The maximum atomic E-state index is 7.26. The standard InChI is InChI=1S/C22H30N4O2/c23-21(24)13-7-17-3-9-19(10-4-17)27-15-1-2-16-28-20-11-5-18(6-12-20)8-14-22(25)26/h3-6,9-12H,1-2,7-8,13-16H2,(H3,23,24)(H3,25,26). The zero-order valence-electron chi connectivity index (χ0n) is 16.2. The van der Waals surface area contributed by atoms with E-state index in [0.29, 0.717) is 26.1 Å². The van der Waals surface area contributed by atoms with Crippen LogP contribution in [0.2, 0.25) is 0 Å². The minimum absolute atomic E-state index is 0.214. The molecule has 28 heavy (non-hydrogen) atoms. The lowest BCUT2D eigenvalue weighted by molar-refractivity contribution is 0.266. The largest absolute Gasteiger partial charge is 0.494 e. The Morgan fingerprint density at radius 2 is 1.00 bits per heavy atom. The van der Waals surface area contributed by atoms with Crippen molar-refractivity contribution in [1.82, 2.24) is 0 Å². The van der Waals surface area contributed by atoms with Gasteiger partial charge in [0.1, 0.15) is 11.5 Å². The summed E-state index contributed by atoms with van der Waals surface area (Å²) in [6, 6.07) is 15.9. The molecule has 6 heteroatoms. The number of rotatable bonds is 13. The summed E-state index contributed by atoms with van der Waals surface area (Å²) in [5.41, 5.74) is 13.1. The second-order valence-corrected chi connectivity index (χ2v) is 6.74. The van der Waals surface area contributed by atoms with Gasteiger partial charge < -0.3 is 20.9 Å². The fourth-order valence-corrected chi connectivity index (χ4v) is 2.65. The number of aryl methyl sites for hydroxylation is 2. The molecule has 0 heterocycles. The third-order valence-corrected chi connectivity index (χ3v) is 4.29. The van der Waals surface area contributed by atoms with E-state index in [1.54, 1.807) is 0 Å². The van der Waals surface area contributed by atoms with Crippen molar-refractivity contribution in [2.75, 3.05) is 13.2 Å². The summed E-state index contributed by atoms with van der Waals surface area (Å²) in [6.07, 6.45) is 4.57. The van der Waals surface area contributed by atoms with Crippen molar-refractivity contribution in [3.63, 3.8) is 0 Å². The molecule has 0 aliphatic heterocycles. The first-order valence-corrected chi connectivity index (χ1v) is 9.62. The van der Waals surface area contributed by atoms with Gasteiger partial charge in [0.2, 0.25) is 0 Å². The summed E-state index contributed by atoms with van der Waals surface area (Å²) in [5.74, 6) is 2.14. The fourth-order valence-electron chi connectivity index (χ4n) is 2.65. The predicted octanol–water partition coefficient (Wildman–Crippen LogP) is 3.66. The van der Waals surface area contributed by atoms with Gasteiger partial charge in [0.05, 0.1) is 24.9 Å². The lowest BCUT2D eigenvalue weighted by Gasteiger charge is -2.09. The van der Waals surface area contributed by atoms with Crippen LogP contribution in [0.25, 0.3) is 0 Å². The quantitative estimate of drug-likeness (QED) is 0.240. The van der Waals surface area contributed by atoms with Gasteiger partial charge in [-0.3, -0.25) is 10.8 Å². The van der Waals surface area contributed by atoms with Crippen LogP contribution in [0.5, 0.6) is 11.5 Å². The molecule has 2 aromatic rings. The van der Waals surface area contributed by atoms with Gasteiger partial charge in [-0.2, -0.15) is 0 Å². The second-order valence-electron chi connectivity index (χ2n) is 6.74. The summed E-state index contributed by atoms with van der Waals surface area (Å²) >= 11 is 0. The molecule has 0 atom stereocenters. The monoisotopic (exact) mass is 382 g/mol. The third kappa shape index (κ3) is 8.58. The highest BCUT2D eigenvalue weighted by molar-refractivity contribution is 5.77. The van der Waals surface area contributed by atoms with Crippen molar-refractivity contribution in [3.8, 4) is 11.5 Å². The van der Waals surface area contributed by atoms with E-state index in [2.05, 4.69) is 0 Å². The van der Waals surface area contributed by atoms with Crippen LogP contribution in [0, 0.1) is 10.8 Å². The highest BCUT2D eigenvalue weighted by Crippen LogP contribution is 2.15. The van der Waals surface area contributed by atoms with E-state index in [4.69, 9.17) is 31.8 Å². The van der Waals surface area contributed by atoms with Crippen LogP contribution in [0.4, 0.5) is 0 Å². The van der Waals surface area contributed by atoms with Gasteiger partial charge in [-0.15, -0.1) is 0 Å². The highest BCUT2D eigenvalue weighted by atomic mass is 16.5. The molecule has 2 rings (SSSR count). The number of amidine groups is 2. The van der Waals surface area contributed by atoms with Crippen LogP contribution in [0.1, 0.15) is 36.8 Å². The van der Waals surface area contributed by atoms with Crippen LogP contribution in [-0.2, 0) is 12.8 Å². The van der Waals surface area contributed by atoms with E-state index >= 15 is 0 Å². The lowest BCUT2D eigenvalue weighted by Crippen LogP contribution is -2.10. The minimum atomic E-state index is 0.214. The van der Waals surface area contributed by atoms with Crippen molar-refractivity contribution in [2.45, 2.75) is 38.5 Å². The van der Waals surface area contributed by atoms with E-state index in [1.165, 1.54) is 0 Å². The molecule has 150 valence electrons. The van der Waals surface area contributed by atoms with Crippen LogP contribution in [0.3, 0.4) is 0 Å². The van der Waals surface area contributed by atoms with E-state index in [0.717, 1.165) is 48.3 Å². The Morgan fingerprint density at radius 1 is 0.643 bits per heavy atom. The Kier molecular flexibility index (Phi) is 8.85. The molecule has 0 bridgehead atoms. The van der Waals surface area contributed by atoms with E-state index in [-0.39, 0.29) is 11.7 Å². The molecular formula is C22H30N4O2. The molecule has 2 aromatic carbocycles. The van der Waals surface area contributed by atoms with E-state index in [1.807, 2.05) is 48.5 Å². The molecule has 0 aliphatic rings. The summed E-state index contributed by atoms with van der Waals surface area (Å²) in [4.78, 5) is 0. The summed E-state index contributed by atoms with van der Waals surface area (Å²) in [5, 5.41) is 14.5. The van der Waals surface area contributed by atoms with Gasteiger partial charge in [-0.25, -0.2) is 0 Å². The number of hydrogen-bond donors (Lipinski definition) is 4. The van der Waals surface area contributed by atoms with Gasteiger partial charge in [-0.1, -0.05) is 24.3 Å². The van der Waals surface area contributed by atoms with Crippen molar-refractivity contribution in [3.05, 3.63) is 59.7 Å². The topological polar surface area (TPSA) is 118 Å². The first-order chi connectivity index (χ1) is 13.5. The average molecular weight is 383 g/mol. The second kappa shape index (κ2) is 11.6. The summed E-state index contributed by atoms with van der Waals surface area (Å²) < 4.78 is 11.5. The number of unbranched alkanes of at least 4 members (excludes halogenated alkanes) is 1. The highest BCUT2D eigenvalue weighted by Gasteiger charge is 2.00. The average Bonchev–Trinajstić information content (AvgIpc) is 2.69. The molecule has 0 spiro atoms. The molecule has 0 saturated heterocycles. The van der Waals surface area contributed by atoms with Crippen molar-refractivity contribution < 1.29 is 9.47 Å². The molecule has 6 N–H and O–H groups in total. The van der Waals surface area contributed by atoms with Crippen molar-refractivity contribution in [2.24, 2.45) is 11.5 Å². The Balaban J connectivity index is 1.58. The Labute approximate surface area is 166 Å². The first kappa shape index (κ1) is 21.3. The number of benzene rings is 2. The first-order valence-electron chi connectivity index (χ1n) is 9.62. The molecule has 0 fully saturated rings. The Morgan fingerprint density at radius 3 is 1.32 bits per heavy atom. The van der Waals surface area contributed by atoms with E-state index in [9.17, 15) is 0 Å². The maximum absolute atomic E-state index is 7.26. The van der Waals surface area contributed by atoms with Crippen LogP contribution in [0.15, 0.2) is 48.5 Å². The Hall–Kier alpha value is -3.02. The molecule has 0 saturated carbocycles. The van der Waals surface area contributed by atoms with Gasteiger partial charge in [0.25, 0.3) is 0 Å². The molecule has 0 radical (unpaired) electrons. The van der Waals surface area contributed by atoms with Crippen LogP contribution in [-0.4, -0.2) is 24.9 Å². The molecule has 6 nitrogen and oxygen atoms in total. The van der Waals surface area contributed by atoms with Gasteiger partial charge in [0, 0.05) is 12.8 Å². The third-order valence-electron chi connectivity index (χ3n) is 4.29. The van der Waals surface area contributed by atoms with E-state index < -0.39 is 0 Å². The number of ether oxygens (including phenoxy) is 2. The number of nitrogens with two attached hydrogens (primary N) is 2.